The van der Waals surface area contributed by atoms with Crippen molar-refractivity contribution in [3.63, 3.8) is 0 Å². The van der Waals surface area contributed by atoms with Crippen molar-refractivity contribution in [3.8, 4) is 17.6 Å². The van der Waals surface area contributed by atoms with Crippen molar-refractivity contribution in [2.45, 2.75) is 20.3 Å². The number of urea groups is 1. The number of rotatable bonds is 5. The van der Waals surface area contributed by atoms with Crippen molar-refractivity contribution >= 4 is 17.9 Å². The second kappa shape index (κ2) is 10.1. The average Bonchev–Trinajstić information content (AvgIpc) is 2.82. The fourth-order valence-electron chi connectivity index (χ4n) is 3.56. The van der Waals surface area contributed by atoms with Crippen molar-refractivity contribution in [1.82, 2.24) is 24.8 Å². The van der Waals surface area contributed by atoms with Gasteiger partial charge < -0.3 is 14.4 Å². The number of anilines is 1. The summed E-state index contributed by atoms with van der Waals surface area (Å²) in [5, 5.41) is 2.79. The van der Waals surface area contributed by atoms with Gasteiger partial charge in [0.25, 0.3) is 0 Å². The molecule has 1 atom stereocenters. The van der Waals surface area contributed by atoms with Gasteiger partial charge in [-0.1, -0.05) is 30.7 Å². The summed E-state index contributed by atoms with van der Waals surface area (Å²) in [6, 6.07) is 7.93. The minimum Gasteiger partial charge on any atom is -0.480 e. The molecule has 2 aromatic heterocycles. The maximum atomic E-state index is 12.7. The van der Waals surface area contributed by atoms with Gasteiger partial charge in [0.05, 0.1) is 19.5 Å². The number of hydrogen-bond acceptors (Lipinski definition) is 7. The van der Waals surface area contributed by atoms with E-state index < -0.39 is 0 Å². The fourth-order valence-corrected chi connectivity index (χ4v) is 3.56. The second-order valence-electron chi connectivity index (χ2n) is 7.91. The summed E-state index contributed by atoms with van der Waals surface area (Å²) < 4.78 is 10.8. The van der Waals surface area contributed by atoms with Gasteiger partial charge in [-0.05, 0) is 42.5 Å². The third kappa shape index (κ3) is 5.82. The van der Waals surface area contributed by atoms with Crippen molar-refractivity contribution < 1.29 is 14.3 Å². The predicted molar refractivity (Wildman–Crippen MR) is 124 cm³/mol. The summed E-state index contributed by atoms with van der Waals surface area (Å²) >= 11 is 0. The van der Waals surface area contributed by atoms with E-state index in [1.54, 1.807) is 17.3 Å². The topological polar surface area (TPSA) is 102 Å². The zero-order chi connectivity index (χ0) is 23.2. The SMILES string of the molecule is COc1cncc(NC(=O)N2CCC(=Cc3cccc(Oc4ncc(C)cn4)c3)C(C)C2)n1. The lowest BCUT2D eigenvalue weighted by Gasteiger charge is -2.33. The van der Waals surface area contributed by atoms with Crippen LogP contribution in [-0.2, 0) is 0 Å². The largest absolute Gasteiger partial charge is 0.480 e. The molecule has 3 aromatic rings. The Balaban J connectivity index is 1.38. The van der Waals surface area contributed by atoms with Crippen LogP contribution >= 0.6 is 0 Å². The molecule has 1 aliphatic heterocycles. The van der Waals surface area contributed by atoms with Gasteiger partial charge in [0.15, 0.2) is 5.82 Å². The Bertz CT molecular complexity index is 1150. The van der Waals surface area contributed by atoms with Gasteiger partial charge in [0.1, 0.15) is 5.75 Å². The highest BCUT2D eigenvalue weighted by Gasteiger charge is 2.24. The number of likely N-dealkylation sites (tertiary alicyclic amines) is 1. The molecular weight excluding hydrogens is 420 g/mol. The maximum Gasteiger partial charge on any atom is 0.323 e. The highest BCUT2D eigenvalue weighted by molar-refractivity contribution is 5.88. The van der Waals surface area contributed by atoms with E-state index in [2.05, 4.69) is 38.3 Å². The molecule has 1 fully saturated rings. The molecule has 1 aromatic carbocycles. The number of carbonyl (C=O) groups is 1. The first-order chi connectivity index (χ1) is 16.0. The zero-order valence-electron chi connectivity index (χ0n) is 18.9. The molecule has 9 nitrogen and oxygen atoms in total. The molecule has 1 saturated heterocycles. The molecular formula is C24H26N6O3. The normalized spacial score (nSPS) is 17.0. The fraction of sp³-hybridized carbons (Fsp3) is 0.292. The molecule has 1 unspecified atom stereocenters. The van der Waals surface area contributed by atoms with E-state index in [4.69, 9.17) is 9.47 Å². The van der Waals surface area contributed by atoms with Gasteiger partial charge in [-0.3, -0.25) is 10.3 Å². The van der Waals surface area contributed by atoms with E-state index in [9.17, 15) is 4.79 Å². The molecule has 0 bridgehead atoms. The molecule has 4 rings (SSSR count). The Labute approximate surface area is 192 Å². The van der Waals surface area contributed by atoms with Gasteiger partial charge >= 0.3 is 12.0 Å². The van der Waals surface area contributed by atoms with Crippen LogP contribution in [0, 0.1) is 12.8 Å². The van der Waals surface area contributed by atoms with Crippen molar-refractivity contribution in [2.24, 2.45) is 5.92 Å². The van der Waals surface area contributed by atoms with E-state index in [0.717, 1.165) is 17.5 Å². The van der Waals surface area contributed by atoms with Crippen molar-refractivity contribution in [1.29, 1.82) is 0 Å². The summed E-state index contributed by atoms with van der Waals surface area (Å²) in [5.41, 5.74) is 3.29. The van der Waals surface area contributed by atoms with Crippen LogP contribution in [0.1, 0.15) is 24.5 Å². The lowest BCUT2D eigenvalue weighted by molar-refractivity contribution is 0.197. The number of amides is 2. The van der Waals surface area contributed by atoms with Crippen LogP contribution in [0.5, 0.6) is 17.6 Å². The summed E-state index contributed by atoms with van der Waals surface area (Å²) in [5.74, 6) is 1.61. The Morgan fingerprint density at radius 1 is 1.21 bits per heavy atom. The van der Waals surface area contributed by atoms with Gasteiger partial charge in [-0.25, -0.2) is 14.8 Å². The second-order valence-corrected chi connectivity index (χ2v) is 7.91. The van der Waals surface area contributed by atoms with Crippen LogP contribution in [0.3, 0.4) is 0 Å². The number of nitrogens with zero attached hydrogens (tertiary/aromatic N) is 5. The van der Waals surface area contributed by atoms with E-state index in [0.29, 0.717) is 36.5 Å². The zero-order valence-corrected chi connectivity index (χ0v) is 18.9. The molecule has 2 amide bonds. The molecule has 0 radical (unpaired) electrons. The monoisotopic (exact) mass is 446 g/mol. The summed E-state index contributed by atoms with van der Waals surface area (Å²) in [6.07, 6.45) is 9.38. The Kier molecular flexibility index (Phi) is 6.77. The Morgan fingerprint density at radius 2 is 2.03 bits per heavy atom. The predicted octanol–water partition coefficient (Wildman–Crippen LogP) is 4.33. The van der Waals surface area contributed by atoms with Gasteiger partial charge in [-0.2, -0.15) is 4.98 Å². The first kappa shape index (κ1) is 22.2. The standard InChI is InChI=1S/C24H26N6O3/c1-16-11-26-23(27-12-16)33-20-6-4-5-18(10-20)9-19-7-8-30(15-17(19)2)24(31)29-21-13-25-14-22(28-21)32-3/h4-6,9-14,17H,7-8,15H2,1-3H3,(H,28,29,31). The van der Waals surface area contributed by atoms with E-state index in [1.807, 2.05) is 31.2 Å². The Morgan fingerprint density at radius 3 is 2.79 bits per heavy atom. The minimum absolute atomic E-state index is 0.197. The number of carbonyl (C=O) groups excluding carboxylic acids is 1. The van der Waals surface area contributed by atoms with Crippen molar-refractivity contribution in [3.05, 3.63) is 65.8 Å². The van der Waals surface area contributed by atoms with Gasteiger partial charge in [-0.15, -0.1) is 0 Å². The summed E-state index contributed by atoms with van der Waals surface area (Å²) in [7, 11) is 1.51. The smallest absolute Gasteiger partial charge is 0.323 e. The third-order valence-corrected chi connectivity index (χ3v) is 5.32. The highest BCUT2D eigenvalue weighted by atomic mass is 16.5. The number of aryl methyl sites for hydroxylation is 1. The number of aromatic nitrogens is 4. The third-order valence-electron chi connectivity index (χ3n) is 5.32. The van der Waals surface area contributed by atoms with Crippen LogP contribution in [0.15, 0.2) is 54.6 Å². The summed E-state index contributed by atoms with van der Waals surface area (Å²) in [4.78, 5) is 31.0. The highest BCUT2D eigenvalue weighted by Crippen LogP contribution is 2.27. The number of hydrogen-bond donors (Lipinski definition) is 1. The molecule has 9 heteroatoms. The quantitative estimate of drug-likeness (QED) is 0.622. The molecule has 0 aliphatic carbocycles. The number of piperidine rings is 1. The first-order valence-electron chi connectivity index (χ1n) is 10.7. The van der Waals surface area contributed by atoms with Crippen molar-refractivity contribution in [2.75, 3.05) is 25.5 Å². The van der Waals surface area contributed by atoms with Crippen LogP contribution in [0.4, 0.5) is 10.6 Å². The summed E-state index contributed by atoms with van der Waals surface area (Å²) in [6.45, 7) is 5.28. The first-order valence-corrected chi connectivity index (χ1v) is 10.7. The molecule has 170 valence electrons. The van der Waals surface area contributed by atoms with Crippen LogP contribution in [-0.4, -0.2) is 51.1 Å². The maximum absolute atomic E-state index is 12.7. The lowest BCUT2D eigenvalue weighted by Crippen LogP contribution is -2.42. The molecule has 0 saturated carbocycles. The molecule has 1 N–H and O–H groups in total. The molecule has 33 heavy (non-hydrogen) atoms. The average molecular weight is 447 g/mol. The molecule has 0 spiro atoms. The van der Waals surface area contributed by atoms with Gasteiger partial charge in [0.2, 0.25) is 5.88 Å². The van der Waals surface area contributed by atoms with E-state index in [-0.39, 0.29) is 11.9 Å². The van der Waals surface area contributed by atoms with E-state index in [1.165, 1.54) is 25.1 Å². The van der Waals surface area contributed by atoms with Gasteiger partial charge in [0, 0.05) is 25.5 Å². The number of nitrogens with one attached hydrogen (secondary N) is 1. The number of ether oxygens (including phenoxy) is 2. The minimum atomic E-state index is -0.197. The molecule has 1 aliphatic rings. The molecule has 3 heterocycles. The van der Waals surface area contributed by atoms with Crippen LogP contribution < -0.4 is 14.8 Å². The lowest BCUT2D eigenvalue weighted by atomic mass is 9.91. The number of methoxy groups -OCH3 is 1. The van der Waals surface area contributed by atoms with Crippen LogP contribution in [0.2, 0.25) is 0 Å². The van der Waals surface area contributed by atoms with Crippen LogP contribution in [0.25, 0.3) is 6.08 Å². The number of benzene rings is 1. The van der Waals surface area contributed by atoms with E-state index >= 15 is 0 Å². The Hall–Kier alpha value is -4.01.